The average molecular weight is 407 g/mol. The summed E-state index contributed by atoms with van der Waals surface area (Å²) in [6, 6.07) is 14.4. The fourth-order valence-electron chi connectivity index (χ4n) is 2.06. The summed E-state index contributed by atoms with van der Waals surface area (Å²) in [5.74, 6) is -0.360. The van der Waals surface area contributed by atoms with Crippen LogP contribution in [0.2, 0.25) is 0 Å². The molecule has 0 radical (unpaired) electrons. The van der Waals surface area contributed by atoms with Gasteiger partial charge in [-0.15, -0.1) is 0 Å². The van der Waals surface area contributed by atoms with Crippen molar-refractivity contribution < 1.29 is 19.1 Å². The first kappa shape index (κ1) is 19.0. The maximum absolute atomic E-state index is 12.3. The topological polar surface area (TPSA) is 76.7 Å². The van der Waals surface area contributed by atoms with Crippen LogP contribution in [-0.4, -0.2) is 32.1 Å². The van der Waals surface area contributed by atoms with Crippen LogP contribution in [0, 0.1) is 0 Å². The highest BCUT2D eigenvalue weighted by Gasteiger charge is 2.14. The van der Waals surface area contributed by atoms with Gasteiger partial charge < -0.3 is 9.47 Å². The Hall–Kier alpha value is -2.38. The van der Waals surface area contributed by atoms with Crippen LogP contribution < -0.4 is 15.6 Å². The van der Waals surface area contributed by atoms with Gasteiger partial charge in [0.05, 0.1) is 18.6 Å². The quantitative estimate of drug-likeness (QED) is 0.546. The fraction of sp³-hybridized carbons (Fsp3) is 0.222. The van der Waals surface area contributed by atoms with E-state index in [-0.39, 0.29) is 12.3 Å². The van der Waals surface area contributed by atoms with Crippen LogP contribution >= 0.6 is 15.9 Å². The van der Waals surface area contributed by atoms with E-state index in [1.807, 2.05) is 30.3 Å². The van der Waals surface area contributed by atoms with Crippen LogP contribution in [-0.2, 0) is 16.0 Å². The van der Waals surface area contributed by atoms with Crippen LogP contribution in [0.25, 0.3) is 0 Å². The maximum atomic E-state index is 12.3. The Balaban J connectivity index is 1.95. The van der Waals surface area contributed by atoms with Gasteiger partial charge in [0.1, 0.15) is 12.4 Å². The van der Waals surface area contributed by atoms with Crippen LogP contribution in [0.1, 0.15) is 15.9 Å². The SMILES string of the molecule is COCCOc1ccc(Br)cc1C(=O)NNC(=O)Cc1ccccc1. The first-order chi connectivity index (χ1) is 12.1. The second kappa shape index (κ2) is 9.80. The van der Waals surface area contributed by atoms with E-state index >= 15 is 0 Å². The number of hydrazine groups is 1. The van der Waals surface area contributed by atoms with E-state index in [2.05, 4.69) is 26.8 Å². The predicted octanol–water partition coefficient (Wildman–Crippen LogP) is 2.48. The minimum atomic E-state index is -0.463. The molecule has 25 heavy (non-hydrogen) atoms. The van der Waals surface area contributed by atoms with Gasteiger partial charge in [-0.05, 0) is 23.8 Å². The standard InChI is InChI=1S/C18H19BrN2O4/c1-24-9-10-25-16-8-7-14(19)12-15(16)18(23)21-20-17(22)11-13-5-3-2-4-6-13/h2-8,12H,9-11H2,1H3,(H,20,22)(H,21,23). The van der Waals surface area contributed by atoms with Crippen molar-refractivity contribution in [3.8, 4) is 5.75 Å². The second-order valence-electron chi connectivity index (χ2n) is 5.15. The number of nitrogens with one attached hydrogen (secondary N) is 2. The Bertz CT molecular complexity index is 722. The highest BCUT2D eigenvalue weighted by atomic mass is 79.9. The summed E-state index contributed by atoms with van der Waals surface area (Å²) in [7, 11) is 1.57. The van der Waals surface area contributed by atoms with Gasteiger partial charge >= 0.3 is 0 Å². The molecule has 2 aromatic rings. The summed E-state index contributed by atoms with van der Waals surface area (Å²) in [6.07, 6.45) is 0.177. The molecule has 0 unspecified atom stereocenters. The number of carbonyl (C=O) groups excluding carboxylic acids is 2. The number of hydrogen-bond donors (Lipinski definition) is 2. The minimum Gasteiger partial charge on any atom is -0.490 e. The molecule has 2 N–H and O–H groups in total. The van der Waals surface area contributed by atoms with E-state index in [9.17, 15) is 9.59 Å². The molecule has 7 heteroatoms. The van der Waals surface area contributed by atoms with Crippen molar-refractivity contribution >= 4 is 27.7 Å². The second-order valence-corrected chi connectivity index (χ2v) is 6.06. The molecular formula is C18H19BrN2O4. The van der Waals surface area contributed by atoms with Crippen molar-refractivity contribution in [1.29, 1.82) is 0 Å². The summed E-state index contributed by atoms with van der Waals surface area (Å²) in [6.45, 7) is 0.726. The molecule has 0 saturated carbocycles. The van der Waals surface area contributed by atoms with Gasteiger partial charge in [0, 0.05) is 11.6 Å². The third-order valence-electron chi connectivity index (χ3n) is 3.25. The first-order valence-electron chi connectivity index (χ1n) is 7.64. The summed E-state index contributed by atoms with van der Waals surface area (Å²) < 4.78 is 11.2. The monoisotopic (exact) mass is 406 g/mol. The van der Waals surface area contributed by atoms with E-state index in [0.29, 0.717) is 24.5 Å². The molecule has 0 heterocycles. The van der Waals surface area contributed by atoms with Crippen molar-refractivity contribution in [3.63, 3.8) is 0 Å². The molecule has 0 aliphatic heterocycles. The molecule has 0 saturated heterocycles. The molecule has 0 spiro atoms. The molecule has 0 aromatic heterocycles. The zero-order chi connectivity index (χ0) is 18.1. The number of rotatable bonds is 7. The van der Waals surface area contributed by atoms with Gasteiger partial charge in [-0.25, -0.2) is 0 Å². The zero-order valence-corrected chi connectivity index (χ0v) is 15.3. The van der Waals surface area contributed by atoms with Gasteiger partial charge in [0.25, 0.3) is 5.91 Å². The lowest BCUT2D eigenvalue weighted by molar-refractivity contribution is -0.121. The zero-order valence-electron chi connectivity index (χ0n) is 13.8. The van der Waals surface area contributed by atoms with Gasteiger partial charge in [0.15, 0.2) is 0 Å². The number of ether oxygens (including phenoxy) is 2. The van der Waals surface area contributed by atoms with Crippen molar-refractivity contribution in [3.05, 3.63) is 64.1 Å². The number of halogens is 1. The number of methoxy groups -OCH3 is 1. The molecule has 0 aliphatic rings. The molecular weight excluding hydrogens is 388 g/mol. The molecule has 0 atom stereocenters. The van der Waals surface area contributed by atoms with Gasteiger partial charge in [-0.1, -0.05) is 46.3 Å². The maximum Gasteiger partial charge on any atom is 0.273 e. The molecule has 0 bridgehead atoms. The first-order valence-corrected chi connectivity index (χ1v) is 8.44. The number of hydrogen-bond acceptors (Lipinski definition) is 4. The highest BCUT2D eigenvalue weighted by Crippen LogP contribution is 2.23. The summed E-state index contributed by atoms with van der Waals surface area (Å²) in [5, 5.41) is 0. The van der Waals surface area contributed by atoms with E-state index in [1.54, 1.807) is 25.3 Å². The Kier molecular flexibility index (Phi) is 7.43. The predicted molar refractivity (Wildman–Crippen MR) is 97.3 cm³/mol. The molecule has 0 aliphatic carbocycles. The molecule has 2 aromatic carbocycles. The van der Waals surface area contributed by atoms with Crippen molar-refractivity contribution in [2.24, 2.45) is 0 Å². The van der Waals surface area contributed by atoms with Crippen LogP contribution in [0.3, 0.4) is 0 Å². The van der Waals surface area contributed by atoms with Crippen molar-refractivity contribution in [2.75, 3.05) is 20.3 Å². The van der Waals surface area contributed by atoms with Crippen LogP contribution in [0.5, 0.6) is 5.75 Å². The Morgan fingerprint density at radius 3 is 2.52 bits per heavy atom. The third kappa shape index (κ3) is 6.21. The number of carbonyl (C=O) groups is 2. The smallest absolute Gasteiger partial charge is 0.273 e. The Morgan fingerprint density at radius 1 is 1.04 bits per heavy atom. The Morgan fingerprint density at radius 2 is 1.80 bits per heavy atom. The highest BCUT2D eigenvalue weighted by molar-refractivity contribution is 9.10. The normalized spacial score (nSPS) is 10.2. The summed E-state index contributed by atoms with van der Waals surface area (Å²) >= 11 is 3.32. The fourth-order valence-corrected chi connectivity index (χ4v) is 2.42. The lowest BCUT2D eigenvalue weighted by Crippen LogP contribution is -2.42. The van der Waals surface area contributed by atoms with Gasteiger partial charge in [-0.2, -0.15) is 0 Å². The summed E-state index contributed by atoms with van der Waals surface area (Å²) in [5.41, 5.74) is 5.99. The van der Waals surface area contributed by atoms with Crippen molar-refractivity contribution in [2.45, 2.75) is 6.42 Å². The van der Waals surface area contributed by atoms with Crippen LogP contribution in [0.4, 0.5) is 0 Å². The van der Waals surface area contributed by atoms with Crippen molar-refractivity contribution in [1.82, 2.24) is 10.9 Å². The largest absolute Gasteiger partial charge is 0.490 e. The Labute approximate surface area is 154 Å². The van der Waals surface area contributed by atoms with E-state index < -0.39 is 5.91 Å². The molecule has 132 valence electrons. The minimum absolute atomic E-state index is 0.177. The van der Waals surface area contributed by atoms with E-state index in [4.69, 9.17) is 9.47 Å². The van der Waals surface area contributed by atoms with Gasteiger partial charge in [0.2, 0.25) is 5.91 Å². The summed E-state index contributed by atoms with van der Waals surface area (Å²) in [4.78, 5) is 24.3. The van der Waals surface area contributed by atoms with E-state index in [0.717, 1.165) is 10.0 Å². The van der Waals surface area contributed by atoms with Gasteiger partial charge in [-0.3, -0.25) is 20.4 Å². The molecule has 2 amide bonds. The number of benzene rings is 2. The molecule has 6 nitrogen and oxygen atoms in total. The average Bonchev–Trinajstić information content (AvgIpc) is 2.62. The lowest BCUT2D eigenvalue weighted by atomic mass is 10.1. The van der Waals surface area contributed by atoms with Crippen LogP contribution in [0.15, 0.2) is 53.0 Å². The number of amides is 2. The molecule has 2 rings (SSSR count). The van der Waals surface area contributed by atoms with E-state index in [1.165, 1.54) is 0 Å². The molecule has 0 fully saturated rings. The lowest BCUT2D eigenvalue weighted by Gasteiger charge is -2.12. The third-order valence-corrected chi connectivity index (χ3v) is 3.75.